The van der Waals surface area contributed by atoms with Crippen LogP contribution in [0.25, 0.3) is 0 Å². The highest BCUT2D eigenvalue weighted by Gasteiger charge is 2.18. The molecule has 2 amide bonds. The Labute approximate surface area is 156 Å². The monoisotopic (exact) mass is 377 g/mol. The molecule has 1 aromatic heterocycles. The number of hydrogen-bond donors (Lipinski definition) is 1. The molecule has 8 heteroatoms. The number of aromatic nitrogens is 1. The Morgan fingerprint density at radius 3 is 2.69 bits per heavy atom. The first-order valence-corrected chi connectivity index (χ1v) is 9.01. The van der Waals surface area contributed by atoms with Crippen molar-refractivity contribution >= 4 is 28.3 Å². The van der Waals surface area contributed by atoms with Crippen molar-refractivity contribution in [1.29, 1.82) is 0 Å². The molecule has 1 heterocycles. The number of amides is 2. The predicted octanol–water partition coefficient (Wildman–Crippen LogP) is 2.08. The first-order valence-electron chi connectivity index (χ1n) is 8.19. The van der Waals surface area contributed by atoms with E-state index in [4.69, 9.17) is 9.47 Å². The SMILES string of the molecule is COCCN(CC(=O)Nc1ncc(C)s1)C(=O)COCc1ccccc1. The number of anilines is 1. The van der Waals surface area contributed by atoms with Gasteiger partial charge in [0.1, 0.15) is 13.2 Å². The standard InChI is InChI=1S/C18H23N3O4S/c1-14-10-19-18(26-14)20-16(22)11-21(8-9-24-2)17(23)13-25-12-15-6-4-3-5-7-15/h3-7,10H,8-9,11-13H2,1-2H3,(H,19,20,22). The van der Waals surface area contributed by atoms with Crippen molar-refractivity contribution < 1.29 is 19.1 Å². The van der Waals surface area contributed by atoms with Crippen LogP contribution >= 0.6 is 11.3 Å². The highest BCUT2D eigenvalue weighted by molar-refractivity contribution is 7.15. The third kappa shape index (κ3) is 6.91. The highest BCUT2D eigenvalue weighted by atomic mass is 32.1. The second kappa shape index (κ2) is 10.6. The van der Waals surface area contributed by atoms with Crippen molar-refractivity contribution in [3.05, 3.63) is 47.0 Å². The van der Waals surface area contributed by atoms with E-state index in [2.05, 4.69) is 10.3 Å². The van der Waals surface area contributed by atoms with Crippen molar-refractivity contribution in [2.45, 2.75) is 13.5 Å². The predicted molar refractivity (Wildman–Crippen MR) is 100 cm³/mol. The van der Waals surface area contributed by atoms with Gasteiger partial charge in [-0.2, -0.15) is 0 Å². The highest BCUT2D eigenvalue weighted by Crippen LogP contribution is 2.16. The van der Waals surface area contributed by atoms with Gasteiger partial charge in [-0.1, -0.05) is 30.3 Å². The van der Waals surface area contributed by atoms with Crippen LogP contribution in [-0.4, -0.2) is 55.1 Å². The minimum absolute atomic E-state index is 0.0739. The van der Waals surface area contributed by atoms with E-state index < -0.39 is 0 Å². The molecular weight excluding hydrogens is 354 g/mol. The summed E-state index contributed by atoms with van der Waals surface area (Å²) in [5.74, 6) is -0.560. The maximum Gasteiger partial charge on any atom is 0.249 e. The summed E-state index contributed by atoms with van der Waals surface area (Å²) in [6.07, 6.45) is 1.69. The summed E-state index contributed by atoms with van der Waals surface area (Å²) in [6, 6.07) is 9.60. The molecule has 0 unspecified atom stereocenters. The number of benzene rings is 1. The van der Waals surface area contributed by atoms with Gasteiger partial charge < -0.3 is 19.7 Å². The van der Waals surface area contributed by atoms with E-state index in [0.717, 1.165) is 10.4 Å². The fourth-order valence-electron chi connectivity index (χ4n) is 2.16. The molecule has 1 N–H and O–H groups in total. The lowest BCUT2D eigenvalue weighted by Gasteiger charge is -2.21. The molecule has 0 saturated heterocycles. The van der Waals surface area contributed by atoms with Crippen molar-refractivity contribution in [3.63, 3.8) is 0 Å². The zero-order chi connectivity index (χ0) is 18.8. The molecule has 2 rings (SSSR count). The molecule has 0 fully saturated rings. The molecule has 140 valence electrons. The third-order valence-electron chi connectivity index (χ3n) is 3.46. The maximum atomic E-state index is 12.4. The minimum Gasteiger partial charge on any atom is -0.383 e. The third-order valence-corrected chi connectivity index (χ3v) is 4.29. The van der Waals surface area contributed by atoms with Gasteiger partial charge in [0.05, 0.1) is 13.2 Å². The van der Waals surface area contributed by atoms with Gasteiger partial charge in [-0.05, 0) is 12.5 Å². The van der Waals surface area contributed by atoms with Crippen LogP contribution in [0.2, 0.25) is 0 Å². The Morgan fingerprint density at radius 1 is 1.27 bits per heavy atom. The number of thiazole rings is 1. The summed E-state index contributed by atoms with van der Waals surface area (Å²) in [6.45, 7) is 2.74. The fourth-order valence-corrected chi connectivity index (χ4v) is 2.84. The number of carbonyl (C=O) groups is 2. The number of hydrogen-bond acceptors (Lipinski definition) is 6. The Balaban J connectivity index is 1.83. The fraction of sp³-hybridized carbons (Fsp3) is 0.389. The van der Waals surface area contributed by atoms with Crippen LogP contribution in [0, 0.1) is 6.92 Å². The molecule has 0 bridgehead atoms. The van der Waals surface area contributed by atoms with Crippen LogP contribution in [0.3, 0.4) is 0 Å². The summed E-state index contributed by atoms with van der Waals surface area (Å²) in [7, 11) is 1.55. The number of nitrogens with one attached hydrogen (secondary N) is 1. The number of methoxy groups -OCH3 is 1. The van der Waals surface area contributed by atoms with E-state index in [1.807, 2.05) is 37.3 Å². The Hall–Kier alpha value is -2.29. The molecule has 2 aromatic rings. The van der Waals surface area contributed by atoms with Crippen molar-refractivity contribution in [1.82, 2.24) is 9.88 Å². The van der Waals surface area contributed by atoms with Gasteiger partial charge in [0.2, 0.25) is 11.8 Å². The van der Waals surface area contributed by atoms with Crippen LogP contribution in [0.4, 0.5) is 5.13 Å². The number of ether oxygens (including phenoxy) is 2. The van der Waals surface area contributed by atoms with Gasteiger partial charge in [-0.3, -0.25) is 9.59 Å². The smallest absolute Gasteiger partial charge is 0.249 e. The lowest BCUT2D eigenvalue weighted by atomic mass is 10.2. The number of rotatable bonds is 10. The van der Waals surface area contributed by atoms with Crippen molar-refractivity contribution in [3.8, 4) is 0 Å². The lowest BCUT2D eigenvalue weighted by Crippen LogP contribution is -2.41. The second-order valence-corrected chi connectivity index (χ2v) is 6.85. The van der Waals surface area contributed by atoms with Gasteiger partial charge >= 0.3 is 0 Å². The molecule has 1 aromatic carbocycles. The molecule has 26 heavy (non-hydrogen) atoms. The molecule has 0 aliphatic heterocycles. The Kier molecular flexibility index (Phi) is 8.20. The number of nitrogens with zero attached hydrogens (tertiary/aromatic N) is 2. The average molecular weight is 377 g/mol. The topological polar surface area (TPSA) is 80.8 Å². The largest absolute Gasteiger partial charge is 0.383 e. The first kappa shape index (κ1) is 20.0. The van der Waals surface area contributed by atoms with Gasteiger partial charge in [-0.25, -0.2) is 4.98 Å². The summed E-state index contributed by atoms with van der Waals surface area (Å²) >= 11 is 1.39. The van der Waals surface area contributed by atoms with Gasteiger partial charge in [-0.15, -0.1) is 11.3 Å². The van der Waals surface area contributed by atoms with E-state index in [1.165, 1.54) is 16.2 Å². The summed E-state index contributed by atoms with van der Waals surface area (Å²) in [5.41, 5.74) is 0.987. The Bertz CT molecular complexity index is 705. The molecule has 0 aliphatic rings. The van der Waals surface area contributed by atoms with E-state index in [9.17, 15) is 9.59 Å². The van der Waals surface area contributed by atoms with Crippen LogP contribution in [0.15, 0.2) is 36.5 Å². The second-order valence-electron chi connectivity index (χ2n) is 5.61. The van der Waals surface area contributed by atoms with Gasteiger partial charge in [0.25, 0.3) is 0 Å². The van der Waals surface area contributed by atoms with Gasteiger partial charge in [0, 0.05) is 24.7 Å². The van der Waals surface area contributed by atoms with Crippen LogP contribution < -0.4 is 5.32 Å². The quantitative estimate of drug-likeness (QED) is 0.686. The maximum absolute atomic E-state index is 12.4. The van der Waals surface area contributed by atoms with E-state index in [-0.39, 0.29) is 25.0 Å². The van der Waals surface area contributed by atoms with E-state index in [1.54, 1.807) is 13.3 Å². The molecule has 0 saturated carbocycles. The Morgan fingerprint density at radius 2 is 2.04 bits per heavy atom. The molecular formula is C18H23N3O4S. The zero-order valence-electron chi connectivity index (χ0n) is 14.9. The average Bonchev–Trinajstić information content (AvgIpc) is 3.04. The molecule has 0 atom stereocenters. The van der Waals surface area contributed by atoms with Crippen molar-refractivity contribution in [2.24, 2.45) is 0 Å². The summed E-state index contributed by atoms with van der Waals surface area (Å²) < 4.78 is 10.5. The van der Waals surface area contributed by atoms with Crippen LogP contribution in [0.5, 0.6) is 0 Å². The molecule has 0 radical (unpaired) electrons. The normalized spacial score (nSPS) is 10.5. The van der Waals surface area contributed by atoms with Crippen molar-refractivity contribution in [2.75, 3.05) is 38.7 Å². The molecule has 0 spiro atoms. The van der Waals surface area contributed by atoms with E-state index in [0.29, 0.717) is 24.9 Å². The summed E-state index contributed by atoms with van der Waals surface area (Å²) in [4.78, 5) is 31.1. The van der Waals surface area contributed by atoms with E-state index >= 15 is 0 Å². The lowest BCUT2D eigenvalue weighted by molar-refractivity contribution is -0.139. The molecule has 7 nitrogen and oxygen atoms in total. The zero-order valence-corrected chi connectivity index (χ0v) is 15.8. The minimum atomic E-state index is -0.299. The number of carbonyl (C=O) groups excluding carboxylic acids is 2. The first-order chi connectivity index (χ1) is 12.6. The van der Waals surface area contributed by atoms with Gasteiger partial charge in [0.15, 0.2) is 5.13 Å². The van der Waals surface area contributed by atoms with Crippen LogP contribution in [-0.2, 0) is 25.7 Å². The molecule has 0 aliphatic carbocycles. The van der Waals surface area contributed by atoms with Crippen LogP contribution in [0.1, 0.15) is 10.4 Å². The summed E-state index contributed by atoms with van der Waals surface area (Å²) in [5, 5.41) is 3.22. The number of aryl methyl sites for hydroxylation is 1.